The standard InChI is InChI=1S/C7H13NO/c1-4-9-6-5-7(2,3)8-6/h4-5H2,1-3H3. The lowest BCUT2D eigenvalue weighted by Gasteiger charge is -2.30. The van der Waals surface area contributed by atoms with Crippen molar-refractivity contribution in [1.29, 1.82) is 0 Å². The second kappa shape index (κ2) is 2.01. The summed E-state index contributed by atoms with van der Waals surface area (Å²) in [5.74, 6) is 0.919. The zero-order valence-electron chi connectivity index (χ0n) is 6.27. The fraction of sp³-hybridized carbons (Fsp3) is 0.857. The van der Waals surface area contributed by atoms with Gasteiger partial charge in [-0.1, -0.05) is 0 Å². The highest BCUT2D eigenvalue weighted by Gasteiger charge is 2.29. The van der Waals surface area contributed by atoms with E-state index in [0.717, 1.165) is 18.9 Å². The molecule has 9 heavy (non-hydrogen) atoms. The predicted molar refractivity (Wildman–Crippen MR) is 37.8 cm³/mol. The third kappa shape index (κ3) is 1.44. The summed E-state index contributed by atoms with van der Waals surface area (Å²) in [7, 11) is 0. The average molecular weight is 127 g/mol. The molecule has 0 radical (unpaired) electrons. The molecular weight excluding hydrogens is 114 g/mol. The summed E-state index contributed by atoms with van der Waals surface area (Å²) >= 11 is 0. The van der Waals surface area contributed by atoms with Crippen molar-refractivity contribution in [3.05, 3.63) is 0 Å². The summed E-state index contributed by atoms with van der Waals surface area (Å²) in [5.41, 5.74) is 0.157. The maximum atomic E-state index is 5.16. The number of hydrogen-bond acceptors (Lipinski definition) is 2. The summed E-state index contributed by atoms with van der Waals surface area (Å²) in [6.45, 7) is 6.94. The molecule has 1 heterocycles. The Balaban J connectivity index is 2.36. The van der Waals surface area contributed by atoms with Crippen LogP contribution < -0.4 is 0 Å². The lowest BCUT2D eigenvalue weighted by atomic mass is 9.96. The Morgan fingerprint density at radius 1 is 1.67 bits per heavy atom. The van der Waals surface area contributed by atoms with E-state index in [1.54, 1.807) is 0 Å². The molecule has 0 bridgehead atoms. The van der Waals surface area contributed by atoms with Crippen molar-refractivity contribution in [2.75, 3.05) is 6.61 Å². The van der Waals surface area contributed by atoms with Crippen LogP contribution in [0.1, 0.15) is 27.2 Å². The van der Waals surface area contributed by atoms with Crippen molar-refractivity contribution in [3.63, 3.8) is 0 Å². The molecule has 0 fully saturated rings. The Bertz CT molecular complexity index is 138. The van der Waals surface area contributed by atoms with Gasteiger partial charge in [0.2, 0.25) is 0 Å². The number of ether oxygens (including phenoxy) is 1. The molecule has 52 valence electrons. The first-order valence-electron chi connectivity index (χ1n) is 3.35. The van der Waals surface area contributed by atoms with Gasteiger partial charge in [-0.3, -0.25) is 0 Å². The van der Waals surface area contributed by atoms with Crippen molar-refractivity contribution in [2.45, 2.75) is 32.7 Å². The third-order valence-electron chi connectivity index (χ3n) is 1.32. The molecule has 0 aromatic carbocycles. The van der Waals surface area contributed by atoms with E-state index >= 15 is 0 Å². The Hall–Kier alpha value is -0.530. The topological polar surface area (TPSA) is 21.6 Å². The van der Waals surface area contributed by atoms with Crippen LogP contribution in [0, 0.1) is 0 Å². The van der Waals surface area contributed by atoms with Crippen molar-refractivity contribution >= 4 is 5.90 Å². The molecule has 0 saturated carbocycles. The molecule has 2 heteroatoms. The molecule has 0 saturated heterocycles. The molecule has 0 unspecified atom stereocenters. The first kappa shape index (κ1) is 6.59. The van der Waals surface area contributed by atoms with Crippen LogP contribution in [0.3, 0.4) is 0 Å². The number of rotatable bonds is 1. The molecule has 0 aromatic heterocycles. The predicted octanol–water partition coefficient (Wildman–Crippen LogP) is 1.60. The minimum absolute atomic E-state index is 0.157. The van der Waals surface area contributed by atoms with Crippen LogP contribution in [0.15, 0.2) is 4.99 Å². The molecule has 1 aliphatic rings. The minimum Gasteiger partial charge on any atom is -0.481 e. The van der Waals surface area contributed by atoms with Gasteiger partial charge in [0, 0.05) is 6.42 Å². The molecule has 0 atom stereocenters. The molecule has 1 rings (SSSR count). The average Bonchev–Trinajstić information content (AvgIpc) is 1.62. The Morgan fingerprint density at radius 2 is 2.22 bits per heavy atom. The maximum Gasteiger partial charge on any atom is 0.186 e. The van der Waals surface area contributed by atoms with Gasteiger partial charge in [0.15, 0.2) is 5.90 Å². The zero-order valence-corrected chi connectivity index (χ0v) is 6.27. The largest absolute Gasteiger partial charge is 0.481 e. The van der Waals surface area contributed by atoms with E-state index in [1.807, 2.05) is 6.92 Å². The second-order valence-electron chi connectivity index (χ2n) is 2.93. The van der Waals surface area contributed by atoms with Crippen LogP contribution in [-0.2, 0) is 4.74 Å². The van der Waals surface area contributed by atoms with Gasteiger partial charge in [-0.05, 0) is 20.8 Å². The van der Waals surface area contributed by atoms with Crippen molar-refractivity contribution in [3.8, 4) is 0 Å². The number of aliphatic imine (C=N–C) groups is 1. The number of hydrogen-bond donors (Lipinski definition) is 0. The van der Waals surface area contributed by atoms with Gasteiger partial charge in [-0.15, -0.1) is 0 Å². The lowest BCUT2D eigenvalue weighted by molar-refractivity contribution is 0.274. The highest BCUT2D eigenvalue weighted by Crippen LogP contribution is 2.25. The Labute approximate surface area is 55.9 Å². The van der Waals surface area contributed by atoms with E-state index in [9.17, 15) is 0 Å². The second-order valence-corrected chi connectivity index (χ2v) is 2.93. The van der Waals surface area contributed by atoms with E-state index in [4.69, 9.17) is 4.74 Å². The van der Waals surface area contributed by atoms with Crippen molar-refractivity contribution in [2.24, 2.45) is 4.99 Å². The van der Waals surface area contributed by atoms with Crippen LogP contribution in [0.5, 0.6) is 0 Å². The van der Waals surface area contributed by atoms with E-state index in [2.05, 4.69) is 18.8 Å². The van der Waals surface area contributed by atoms with Crippen molar-refractivity contribution in [1.82, 2.24) is 0 Å². The van der Waals surface area contributed by atoms with Crippen LogP contribution >= 0.6 is 0 Å². The minimum atomic E-state index is 0.157. The maximum absolute atomic E-state index is 5.16. The van der Waals surface area contributed by atoms with Gasteiger partial charge in [-0.25, -0.2) is 4.99 Å². The quantitative estimate of drug-likeness (QED) is 0.524. The molecule has 0 aromatic rings. The SMILES string of the molecule is CCOC1=NC(C)(C)C1. The van der Waals surface area contributed by atoms with Gasteiger partial charge in [0.25, 0.3) is 0 Å². The molecule has 0 spiro atoms. The fourth-order valence-corrected chi connectivity index (χ4v) is 0.945. The summed E-state index contributed by atoms with van der Waals surface area (Å²) in [5, 5.41) is 0. The summed E-state index contributed by atoms with van der Waals surface area (Å²) in [4.78, 5) is 4.24. The lowest BCUT2D eigenvalue weighted by Crippen LogP contribution is -2.34. The van der Waals surface area contributed by atoms with Gasteiger partial charge in [0.1, 0.15) is 0 Å². The first-order valence-corrected chi connectivity index (χ1v) is 3.35. The Morgan fingerprint density at radius 3 is 2.56 bits per heavy atom. The number of nitrogens with zero attached hydrogens (tertiary/aromatic N) is 1. The van der Waals surface area contributed by atoms with Crippen LogP contribution in [0.2, 0.25) is 0 Å². The first-order chi connectivity index (χ1) is 4.14. The molecular formula is C7H13NO. The highest BCUT2D eigenvalue weighted by molar-refractivity contribution is 5.82. The molecule has 0 N–H and O–H groups in total. The molecule has 2 nitrogen and oxygen atoms in total. The van der Waals surface area contributed by atoms with Gasteiger partial charge >= 0.3 is 0 Å². The summed E-state index contributed by atoms with van der Waals surface area (Å²) < 4.78 is 5.16. The molecule has 0 aliphatic carbocycles. The van der Waals surface area contributed by atoms with E-state index in [-0.39, 0.29) is 5.54 Å². The summed E-state index contributed by atoms with van der Waals surface area (Å²) in [6.07, 6.45) is 1.00. The van der Waals surface area contributed by atoms with Crippen LogP contribution in [-0.4, -0.2) is 18.0 Å². The molecule has 0 amide bonds. The van der Waals surface area contributed by atoms with E-state index < -0.39 is 0 Å². The van der Waals surface area contributed by atoms with E-state index in [1.165, 1.54) is 0 Å². The third-order valence-corrected chi connectivity index (χ3v) is 1.32. The van der Waals surface area contributed by atoms with Crippen LogP contribution in [0.4, 0.5) is 0 Å². The monoisotopic (exact) mass is 127 g/mol. The fourth-order valence-electron chi connectivity index (χ4n) is 0.945. The van der Waals surface area contributed by atoms with Gasteiger partial charge in [0.05, 0.1) is 12.1 Å². The van der Waals surface area contributed by atoms with Gasteiger partial charge in [-0.2, -0.15) is 0 Å². The van der Waals surface area contributed by atoms with E-state index in [0.29, 0.717) is 0 Å². The normalized spacial score (nSPS) is 22.3. The van der Waals surface area contributed by atoms with Crippen molar-refractivity contribution < 1.29 is 4.74 Å². The van der Waals surface area contributed by atoms with Crippen LogP contribution in [0.25, 0.3) is 0 Å². The Kier molecular flexibility index (Phi) is 1.47. The zero-order chi connectivity index (χ0) is 6.91. The smallest absolute Gasteiger partial charge is 0.186 e. The van der Waals surface area contributed by atoms with Gasteiger partial charge < -0.3 is 4.74 Å². The molecule has 1 aliphatic heterocycles. The highest BCUT2D eigenvalue weighted by atomic mass is 16.5. The summed E-state index contributed by atoms with van der Waals surface area (Å²) in [6, 6.07) is 0.